The maximum Gasteiger partial charge on any atom is 0.337 e. The second-order valence-electron chi connectivity index (χ2n) is 10.8. The molecule has 0 atom stereocenters. The van der Waals surface area contributed by atoms with Crippen LogP contribution in [-0.2, 0) is 16.0 Å². The zero-order valence-corrected chi connectivity index (χ0v) is 28.2. The lowest BCUT2D eigenvalue weighted by Gasteiger charge is -2.27. The van der Waals surface area contributed by atoms with Crippen molar-refractivity contribution < 1.29 is 47.6 Å². The Morgan fingerprint density at radius 3 is 2.36 bits per heavy atom. The molecule has 0 N–H and O–H groups in total. The fourth-order valence-electron chi connectivity index (χ4n) is 5.90. The topological polar surface area (TPSA) is 59.7 Å². The van der Waals surface area contributed by atoms with Crippen LogP contribution in [0.4, 0.5) is 5.69 Å². The van der Waals surface area contributed by atoms with Gasteiger partial charge in [-0.15, -0.1) is 0 Å². The predicted octanol–water partition coefficient (Wildman–Crippen LogP) is 4.60. The molecule has 1 aliphatic carbocycles. The van der Waals surface area contributed by atoms with Crippen LogP contribution in [0.2, 0.25) is 0 Å². The summed E-state index contributed by atoms with van der Waals surface area (Å²) >= 11 is 0. The number of benzene rings is 2. The van der Waals surface area contributed by atoms with Gasteiger partial charge >= 0.3 is 11.9 Å². The molecule has 0 radical (unpaired) electrons. The van der Waals surface area contributed by atoms with Gasteiger partial charge in [0.2, 0.25) is 5.52 Å². The van der Waals surface area contributed by atoms with Gasteiger partial charge in [-0.25, -0.2) is 9.59 Å². The van der Waals surface area contributed by atoms with Gasteiger partial charge in [-0.05, 0) is 104 Å². The van der Waals surface area contributed by atoms with Crippen LogP contribution in [0.5, 0.6) is 0 Å². The third-order valence-electron chi connectivity index (χ3n) is 8.41. The highest BCUT2D eigenvalue weighted by Crippen LogP contribution is 2.35. The number of rotatable bonds is 7. The molecule has 44 heavy (non-hydrogen) atoms. The van der Waals surface area contributed by atoms with Gasteiger partial charge in [-0.2, -0.15) is 4.57 Å². The summed E-state index contributed by atoms with van der Waals surface area (Å²) < 4.78 is 12.1. The average Bonchev–Trinajstić information content (AvgIpc) is 3.05. The number of fused-ring (bicyclic) bond motifs is 2. The van der Waals surface area contributed by atoms with Gasteiger partial charge in [0.1, 0.15) is 6.54 Å². The number of nitrogens with zero attached hydrogens (tertiary/aromatic N) is 2. The second-order valence-corrected chi connectivity index (χ2v) is 10.8. The smallest absolute Gasteiger partial charge is 0.337 e. The third-order valence-corrected chi connectivity index (χ3v) is 8.41. The van der Waals surface area contributed by atoms with Crippen LogP contribution in [0.25, 0.3) is 22.6 Å². The van der Waals surface area contributed by atoms with Crippen LogP contribution in [0.3, 0.4) is 0 Å². The summed E-state index contributed by atoms with van der Waals surface area (Å²) in [5.41, 5.74) is 10.3. The molecular weight excluding hydrogens is 663 g/mol. The summed E-state index contributed by atoms with van der Waals surface area (Å²) in [5.74, 6) is -0.671. The SMILES string of the molecule is CCN1C=C/C(=C\C=C2/CCCC(/C=C/c3cc[n+](CC)c4ccc(C(=O)OC)cc34)=C2C)c2cc(C(=O)OC)ccc21.[I-]. The van der Waals surface area contributed by atoms with Crippen molar-refractivity contribution in [3.63, 3.8) is 0 Å². The monoisotopic (exact) mass is 702 g/mol. The zero-order valence-electron chi connectivity index (χ0n) is 26.0. The van der Waals surface area contributed by atoms with E-state index in [9.17, 15) is 9.59 Å². The molecular formula is C37H39IN2O4. The lowest BCUT2D eigenvalue weighted by Crippen LogP contribution is -3.00. The fourth-order valence-corrected chi connectivity index (χ4v) is 5.90. The number of halogens is 1. The van der Waals surface area contributed by atoms with E-state index in [1.54, 1.807) is 0 Å². The highest BCUT2D eigenvalue weighted by atomic mass is 127. The Morgan fingerprint density at radius 1 is 0.932 bits per heavy atom. The normalized spacial score (nSPS) is 16.4. The van der Waals surface area contributed by atoms with E-state index in [0.717, 1.165) is 65.6 Å². The number of aromatic nitrogens is 1. The van der Waals surface area contributed by atoms with E-state index >= 15 is 0 Å². The van der Waals surface area contributed by atoms with E-state index in [2.05, 4.69) is 79.1 Å². The molecule has 0 bridgehead atoms. The van der Waals surface area contributed by atoms with Gasteiger partial charge in [0.05, 0.1) is 30.7 Å². The van der Waals surface area contributed by atoms with E-state index in [1.807, 2.05) is 36.4 Å². The number of carbonyl (C=O) groups is 2. The van der Waals surface area contributed by atoms with Crippen LogP contribution in [0, 0.1) is 0 Å². The molecule has 0 spiro atoms. The first-order valence-electron chi connectivity index (χ1n) is 14.9. The summed E-state index contributed by atoms with van der Waals surface area (Å²) in [4.78, 5) is 26.7. The third kappa shape index (κ3) is 6.73. The van der Waals surface area contributed by atoms with Gasteiger partial charge in [0, 0.05) is 36.1 Å². The van der Waals surface area contributed by atoms with Crippen LogP contribution in [0.15, 0.2) is 95.9 Å². The first-order chi connectivity index (χ1) is 20.9. The average molecular weight is 703 g/mol. The van der Waals surface area contributed by atoms with Crippen LogP contribution in [-0.4, -0.2) is 32.7 Å². The second kappa shape index (κ2) is 14.7. The first-order valence-corrected chi connectivity index (χ1v) is 14.9. The van der Waals surface area contributed by atoms with Crippen molar-refractivity contribution in [2.75, 3.05) is 25.7 Å². The van der Waals surface area contributed by atoms with Crippen molar-refractivity contribution >= 4 is 40.2 Å². The molecule has 3 aromatic rings. The summed E-state index contributed by atoms with van der Waals surface area (Å²) in [6, 6.07) is 13.6. The number of ether oxygens (including phenoxy) is 2. The van der Waals surface area contributed by atoms with Crippen molar-refractivity contribution in [3.8, 4) is 0 Å². The molecule has 2 aliphatic rings. The Hall–Kier alpha value is -3.98. The molecule has 7 heteroatoms. The van der Waals surface area contributed by atoms with E-state index in [1.165, 1.54) is 30.9 Å². The molecule has 5 rings (SSSR count). The Kier molecular flexibility index (Phi) is 11.0. The van der Waals surface area contributed by atoms with Gasteiger partial charge < -0.3 is 38.4 Å². The number of esters is 2. The minimum Gasteiger partial charge on any atom is -1.00 e. The number of aryl methyl sites for hydroxylation is 1. The molecule has 0 amide bonds. The van der Waals surface area contributed by atoms with Crippen molar-refractivity contribution in [1.29, 1.82) is 0 Å². The standard InChI is InChI=1S/C37H39N2O4.HI/c1-6-38-21-19-28(32-23-30(36(40)42-4)15-17-34(32)38)13-11-26-9-8-10-27(25(26)3)12-14-29-20-22-39(7-2)35-18-16-31(24-33(29)35)37(41)43-5;/h11-24H,6-10H2,1-5H3;1H/q+1;/p-1. The molecule has 228 valence electrons. The van der Waals surface area contributed by atoms with E-state index in [-0.39, 0.29) is 35.9 Å². The highest BCUT2D eigenvalue weighted by Gasteiger charge is 2.19. The Balaban J connectivity index is 0.00000442. The predicted molar refractivity (Wildman–Crippen MR) is 173 cm³/mol. The van der Waals surface area contributed by atoms with Crippen molar-refractivity contribution in [3.05, 3.63) is 118 Å². The highest BCUT2D eigenvalue weighted by molar-refractivity contribution is 5.96. The Morgan fingerprint density at radius 2 is 1.66 bits per heavy atom. The molecule has 1 aromatic heterocycles. The minimum absolute atomic E-state index is 0. The number of carbonyl (C=O) groups excluding carboxylic acids is 2. The molecule has 0 fully saturated rings. The maximum absolute atomic E-state index is 12.3. The van der Waals surface area contributed by atoms with Gasteiger partial charge in [-0.1, -0.05) is 24.3 Å². The number of allylic oxidation sites excluding steroid dienone is 8. The first kappa shape index (κ1) is 32.9. The Bertz CT molecular complexity index is 1750. The van der Waals surface area contributed by atoms with E-state index in [4.69, 9.17) is 9.47 Å². The summed E-state index contributed by atoms with van der Waals surface area (Å²) in [6.07, 6.45) is 18.2. The molecule has 0 saturated heterocycles. The summed E-state index contributed by atoms with van der Waals surface area (Å²) in [6.45, 7) is 8.11. The van der Waals surface area contributed by atoms with Gasteiger partial charge in [-0.3, -0.25) is 0 Å². The number of methoxy groups -OCH3 is 2. The minimum atomic E-state index is -0.335. The molecule has 2 aromatic carbocycles. The van der Waals surface area contributed by atoms with Crippen LogP contribution >= 0.6 is 0 Å². The number of anilines is 1. The molecule has 1 aliphatic heterocycles. The van der Waals surface area contributed by atoms with E-state index < -0.39 is 0 Å². The Labute approximate surface area is 277 Å². The van der Waals surface area contributed by atoms with Gasteiger partial charge in [0.15, 0.2) is 6.20 Å². The largest absolute Gasteiger partial charge is 1.00 e. The lowest BCUT2D eigenvalue weighted by atomic mass is 9.87. The maximum atomic E-state index is 12.3. The molecule has 6 nitrogen and oxygen atoms in total. The number of hydrogen-bond acceptors (Lipinski definition) is 5. The molecule has 2 heterocycles. The van der Waals surface area contributed by atoms with Crippen LogP contribution in [0.1, 0.15) is 71.9 Å². The lowest BCUT2D eigenvalue weighted by molar-refractivity contribution is -0.667. The van der Waals surface area contributed by atoms with E-state index in [0.29, 0.717) is 11.1 Å². The number of pyridine rings is 1. The van der Waals surface area contributed by atoms with Crippen molar-refractivity contribution in [2.24, 2.45) is 0 Å². The fraction of sp³-hybridized carbons (Fsp3) is 0.270. The molecule has 0 saturated carbocycles. The molecule has 0 unspecified atom stereocenters. The summed E-state index contributed by atoms with van der Waals surface area (Å²) in [7, 11) is 2.82. The van der Waals surface area contributed by atoms with Gasteiger partial charge in [0.25, 0.3) is 0 Å². The van der Waals surface area contributed by atoms with Crippen molar-refractivity contribution in [1.82, 2.24) is 0 Å². The number of hydrogen-bond donors (Lipinski definition) is 0. The van der Waals surface area contributed by atoms with Crippen LogP contribution < -0.4 is 33.4 Å². The summed E-state index contributed by atoms with van der Waals surface area (Å²) in [5, 5.41) is 1.02. The van der Waals surface area contributed by atoms with Crippen molar-refractivity contribution in [2.45, 2.75) is 46.6 Å². The zero-order chi connectivity index (χ0) is 30.5. The quantitative estimate of drug-likeness (QED) is 0.205.